The number of nitrogens with zero attached hydrogens (tertiary/aromatic N) is 1. The van der Waals surface area contributed by atoms with E-state index in [1.54, 1.807) is 7.11 Å². The van der Waals surface area contributed by atoms with Crippen LogP contribution >= 0.6 is 0 Å². The molecule has 0 heterocycles. The molecule has 4 nitrogen and oxygen atoms in total. The molecule has 1 N–H and O–H groups in total. The smallest absolute Gasteiger partial charge is 0.224 e. The highest BCUT2D eigenvalue weighted by atomic mass is 16.5. The van der Waals surface area contributed by atoms with Crippen LogP contribution in [0.15, 0.2) is 35.9 Å². The predicted octanol–water partition coefficient (Wildman–Crippen LogP) is 3.65. The van der Waals surface area contributed by atoms with Crippen molar-refractivity contribution in [3.05, 3.63) is 41.5 Å². The molecular weight excluding hydrogens is 312 g/mol. The van der Waals surface area contributed by atoms with Crippen LogP contribution in [0.4, 0.5) is 0 Å². The molecule has 1 aromatic carbocycles. The van der Waals surface area contributed by atoms with E-state index < -0.39 is 0 Å². The fourth-order valence-corrected chi connectivity index (χ4v) is 3.67. The number of amides is 1. The van der Waals surface area contributed by atoms with E-state index in [1.165, 1.54) is 5.57 Å². The Bertz CT molecular complexity index is 645. The fourth-order valence-electron chi connectivity index (χ4n) is 3.67. The van der Waals surface area contributed by atoms with Crippen LogP contribution in [0.3, 0.4) is 0 Å². The number of benzene rings is 1. The number of methoxy groups -OCH3 is 1. The Hall–Kier alpha value is -1.81. The predicted molar refractivity (Wildman–Crippen MR) is 103 cm³/mol. The van der Waals surface area contributed by atoms with Gasteiger partial charge in [-0.25, -0.2) is 0 Å². The quantitative estimate of drug-likeness (QED) is 0.768. The normalized spacial score (nSPS) is 22.2. The van der Waals surface area contributed by atoms with E-state index in [0.717, 1.165) is 11.3 Å². The minimum Gasteiger partial charge on any atom is -0.496 e. The topological polar surface area (TPSA) is 41.6 Å². The van der Waals surface area contributed by atoms with E-state index in [0.29, 0.717) is 12.5 Å². The number of allylic oxidation sites excluding steroid dienone is 2. The molecule has 138 valence electrons. The van der Waals surface area contributed by atoms with Crippen LogP contribution in [0.2, 0.25) is 0 Å². The lowest BCUT2D eigenvalue weighted by Gasteiger charge is -2.26. The van der Waals surface area contributed by atoms with Gasteiger partial charge in [0.05, 0.1) is 19.1 Å². The van der Waals surface area contributed by atoms with Crippen molar-refractivity contribution >= 4 is 5.91 Å². The summed E-state index contributed by atoms with van der Waals surface area (Å²) in [5, 5.41) is 3.17. The largest absolute Gasteiger partial charge is 0.496 e. The van der Waals surface area contributed by atoms with Gasteiger partial charge in [-0.05, 0) is 45.3 Å². The molecule has 1 aromatic rings. The minimum atomic E-state index is 0.0411. The van der Waals surface area contributed by atoms with Gasteiger partial charge >= 0.3 is 0 Å². The summed E-state index contributed by atoms with van der Waals surface area (Å²) in [4.78, 5) is 14.9. The number of carbonyl (C=O) groups excluding carboxylic acids is 1. The molecule has 1 saturated carbocycles. The lowest BCUT2D eigenvalue weighted by molar-refractivity contribution is -0.123. The summed E-state index contributed by atoms with van der Waals surface area (Å²) in [5.41, 5.74) is 2.40. The zero-order chi connectivity index (χ0) is 18.8. The van der Waals surface area contributed by atoms with E-state index in [-0.39, 0.29) is 23.3 Å². The van der Waals surface area contributed by atoms with Crippen molar-refractivity contribution in [2.45, 2.75) is 33.7 Å². The first kappa shape index (κ1) is 19.5. The zero-order valence-electron chi connectivity index (χ0n) is 16.6. The Morgan fingerprint density at radius 3 is 2.52 bits per heavy atom. The van der Waals surface area contributed by atoms with Crippen molar-refractivity contribution in [3.63, 3.8) is 0 Å². The third-order valence-corrected chi connectivity index (χ3v) is 5.30. The molecule has 2 rings (SSSR count). The number of para-hydroxylation sites is 1. The summed E-state index contributed by atoms with van der Waals surface area (Å²) >= 11 is 0. The third-order valence-electron chi connectivity index (χ3n) is 5.30. The van der Waals surface area contributed by atoms with Crippen LogP contribution in [-0.2, 0) is 4.79 Å². The molecule has 3 atom stereocenters. The maximum Gasteiger partial charge on any atom is 0.224 e. The number of nitrogens with one attached hydrogen (secondary N) is 1. The SMILES string of the molecule is COc1ccccc1C(CNC(=O)C1C(C=C(C)C)C1(C)C)N(C)C. The number of likely N-dealkylation sites (N-methyl/N-ethyl adjacent to an activating group) is 1. The lowest BCUT2D eigenvalue weighted by atomic mass is 10.0. The molecule has 1 aliphatic carbocycles. The average molecular weight is 344 g/mol. The maximum absolute atomic E-state index is 12.7. The van der Waals surface area contributed by atoms with Gasteiger partial charge in [0.1, 0.15) is 5.75 Å². The molecule has 0 saturated heterocycles. The van der Waals surface area contributed by atoms with Crippen LogP contribution in [0.5, 0.6) is 5.75 Å². The van der Waals surface area contributed by atoms with Crippen molar-refractivity contribution < 1.29 is 9.53 Å². The molecule has 1 aliphatic rings. The first-order chi connectivity index (χ1) is 11.7. The highest BCUT2D eigenvalue weighted by Gasteiger charge is 2.60. The van der Waals surface area contributed by atoms with Gasteiger partial charge in [-0.15, -0.1) is 0 Å². The Morgan fingerprint density at radius 1 is 1.32 bits per heavy atom. The van der Waals surface area contributed by atoms with Crippen molar-refractivity contribution in [2.75, 3.05) is 27.7 Å². The summed E-state index contributed by atoms with van der Waals surface area (Å²) < 4.78 is 5.49. The Labute approximate surface area is 152 Å². The van der Waals surface area contributed by atoms with Crippen LogP contribution < -0.4 is 10.1 Å². The van der Waals surface area contributed by atoms with Gasteiger partial charge in [-0.3, -0.25) is 4.79 Å². The Morgan fingerprint density at radius 2 is 1.96 bits per heavy atom. The fraction of sp³-hybridized carbons (Fsp3) is 0.571. The average Bonchev–Trinajstić information content (AvgIpc) is 3.07. The molecule has 0 aliphatic heterocycles. The second-order valence-corrected chi connectivity index (χ2v) is 8.04. The maximum atomic E-state index is 12.7. The molecule has 1 fully saturated rings. The first-order valence-corrected chi connectivity index (χ1v) is 8.92. The number of carbonyl (C=O) groups is 1. The zero-order valence-corrected chi connectivity index (χ0v) is 16.6. The number of hydrogen-bond acceptors (Lipinski definition) is 3. The molecule has 25 heavy (non-hydrogen) atoms. The van der Waals surface area contributed by atoms with Gasteiger partial charge in [-0.1, -0.05) is 43.7 Å². The summed E-state index contributed by atoms with van der Waals surface area (Å²) in [6.07, 6.45) is 2.23. The second-order valence-electron chi connectivity index (χ2n) is 8.04. The van der Waals surface area contributed by atoms with Crippen LogP contribution in [-0.4, -0.2) is 38.6 Å². The van der Waals surface area contributed by atoms with Crippen molar-refractivity contribution in [3.8, 4) is 5.75 Å². The molecule has 1 amide bonds. The van der Waals surface area contributed by atoms with Crippen LogP contribution in [0.1, 0.15) is 39.3 Å². The minimum absolute atomic E-state index is 0.0411. The molecule has 4 heteroatoms. The van der Waals surface area contributed by atoms with Gasteiger partial charge in [0, 0.05) is 12.1 Å². The lowest BCUT2D eigenvalue weighted by Crippen LogP contribution is -2.36. The van der Waals surface area contributed by atoms with Crippen molar-refractivity contribution in [1.29, 1.82) is 0 Å². The van der Waals surface area contributed by atoms with E-state index in [1.807, 2.05) is 32.3 Å². The first-order valence-electron chi connectivity index (χ1n) is 8.92. The summed E-state index contributed by atoms with van der Waals surface area (Å²) in [6.45, 7) is 9.09. The molecule has 0 bridgehead atoms. The molecule has 3 unspecified atom stereocenters. The van der Waals surface area contributed by atoms with Crippen LogP contribution in [0.25, 0.3) is 0 Å². The van der Waals surface area contributed by atoms with E-state index in [9.17, 15) is 4.79 Å². The summed E-state index contributed by atoms with van der Waals surface area (Å²) in [5.74, 6) is 1.39. The van der Waals surface area contributed by atoms with E-state index in [2.05, 4.69) is 50.1 Å². The molecule has 0 aromatic heterocycles. The monoisotopic (exact) mass is 344 g/mol. The number of rotatable bonds is 7. The number of ether oxygens (including phenoxy) is 1. The summed E-state index contributed by atoms with van der Waals surface area (Å²) in [7, 11) is 5.73. The Balaban J connectivity index is 2.07. The third kappa shape index (κ3) is 4.24. The second kappa shape index (κ2) is 7.61. The highest BCUT2D eigenvalue weighted by molar-refractivity contribution is 5.83. The van der Waals surface area contributed by atoms with E-state index >= 15 is 0 Å². The van der Waals surface area contributed by atoms with Crippen LogP contribution in [0, 0.1) is 17.3 Å². The van der Waals surface area contributed by atoms with Gasteiger partial charge in [0.25, 0.3) is 0 Å². The van der Waals surface area contributed by atoms with Gasteiger partial charge in [-0.2, -0.15) is 0 Å². The number of hydrogen-bond donors (Lipinski definition) is 1. The summed E-state index contributed by atoms with van der Waals surface area (Å²) in [6, 6.07) is 8.06. The van der Waals surface area contributed by atoms with Gasteiger partial charge in [0.15, 0.2) is 0 Å². The molecule has 0 spiro atoms. The van der Waals surface area contributed by atoms with Crippen molar-refractivity contribution in [2.24, 2.45) is 17.3 Å². The standard InChI is InChI=1S/C21H32N2O2/c1-14(2)12-16-19(21(16,3)4)20(24)22-13-17(23(5)6)15-10-8-9-11-18(15)25-7/h8-12,16-17,19H,13H2,1-7H3,(H,22,24). The van der Waals surface area contributed by atoms with E-state index in [4.69, 9.17) is 4.74 Å². The van der Waals surface area contributed by atoms with Gasteiger partial charge in [0.2, 0.25) is 5.91 Å². The Kier molecular flexibility index (Phi) is 5.94. The molecule has 0 radical (unpaired) electrons. The van der Waals surface area contributed by atoms with Gasteiger partial charge < -0.3 is 15.0 Å². The highest BCUT2D eigenvalue weighted by Crippen LogP contribution is 2.59. The van der Waals surface area contributed by atoms with Crippen molar-refractivity contribution in [1.82, 2.24) is 10.2 Å². The molecular formula is C21H32N2O2.